The van der Waals surface area contributed by atoms with Gasteiger partial charge in [0.05, 0.1) is 0 Å². The van der Waals surface area contributed by atoms with Crippen LogP contribution in [0, 0.1) is 12.3 Å². The Balaban J connectivity index is -0.000000321. The summed E-state index contributed by atoms with van der Waals surface area (Å²) >= 11 is 0. The maximum atomic E-state index is 8.88. The van der Waals surface area contributed by atoms with E-state index in [2.05, 4.69) is 27.7 Å². The van der Waals surface area contributed by atoms with Crippen molar-refractivity contribution in [1.82, 2.24) is 0 Å². The van der Waals surface area contributed by atoms with Crippen molar-refractivity contribution in [3.05, 3.63) is 6.92 Å². The van der Waals surface area contributed by atoms with E-state index < -0.39 is 7.82 Å². The first-order valence-corrected chi connectivity index (χ1v) is 7.88. The minimum atomic E-state index is -4.64. The van der Waals surface area contributed by atoms with Gasteiger partial charge in [0.25, 0.3) is 0 Å². The number of rotatable bonds is 7. The van der Waals surface area contributed by atoms with Crippen LogP contribution in [0.15, 0.2) is 0 Å². The Bertz CT molecular complexity index is 198. The van der Waals surface area contributed by atoms with Gasteiger partial charge in [-0.1, -0.05) is 52.9 Å². The first kappa shape index (κ1) is 24.1. The van der Waals surface area contributed by atoms with Gasteiger partial charge < -0.3 is 21.6 Å². The summed E-state index contributed by atoms with van der Waals surface area (Å²) in [7, 11) is -4.64. The summed E-state index contributed by atoms with van der Waals surface area (Å²) in [5, 5.41) is 0. The van der Waals surface area contributed by atoms with Crippen molar-refractivity contribution in [2.24, 2.45) is 5.41 Å². The molecule has 6 heteroatoms. The topological polar surface area (TPSA) is 77.8 Å². The normalized spacial score (nSPS) is 11.3. The Morgan fingerprint density at radius 2 is 1.33 bits per heavy atom. The van der Waals surface area contributed by atoms with Gasteiger partial charge in [-0.2, -0.15) is 6.42 Å². The minimum absolute atomic E-state index is 0. The SMILES string of the molecule is O=P(O)(O)O.[CH2-]CCCCC(CC)(CC)CC.[Na+]. The summed E-state index contributed by atoms with van der Waals surface area (Å²) in [6.07, 6.45) is 9.23. The monoisotopic (exact) mass is 290 g/mol. The number of hydrogen-bond acceptors (Lipinski definition) is 1. The number of hydrogen-bond donors (Lipinski definition) is 3. The second-order valence-electron chi connectivity index (χ2n) is 4.38. The molecule has 0 atom stereocenters. The van der Waals surface area contributed by atoms with Gasteiger partial charge in [0, 0.05) is 0 Å². The molecule has 0 saturated carbocycles. The zero-order chi connectivity index (χ0) is 13.9. The molecular formula is C12H28NaO4P. The van der Waals surface area contributed by atoms with E-state index >= 15 is 0 Å². The van der Waals surface area contributed by atoms with E-state index in [0.29, 0.717) is 5.41 Å². The van der Waals surface area contributed by atoms with Crippen molar-refractivity contribution in [2.75, 3.05) is 0 Å². The first-order chi connectivity index (χ1) is 7.74. The van der Waals surface area contributed by atoms with Gasteiger partial charge in [-0.15, -0.1) is 0 Å². The Kier molecular flexibility index (Phi) is 17.6. The zero-order valence-electron chi connectivity index (χ0n) is 12.4. The van der Waals surface area contributed by atoms with Crippen LogP contribution in [0.3, 0.4) is 0 Å². The quantitative estimate of drug-likeness (QED) is 0.279. The molecule has 0 aromatic carbocycles. The predicted molar refractivity (Wildman–Crippen MR) is 71.4 cm³/mol. The molecule has 0 amide bonds. The zero-order valence-corrected chi connectivity index (χ0v) is 15.2. The second-order valence-corrected chi connectivity index (χ2v) is 5.41. The third kappa shape index (κ3) is 17.1. The van der Waals surface area contributed by atoms with Gasteiger partial charge in [-0.3, -0.25) is 0 Å². The third-order valence-corrected chi connectivity index (χ3v) is 3.46. The molecule has 18 heavy (non-hydrogen) atoms. The van der Waals surface area contributed by atoms with Crippen LogP contribution in [0.2, 0.25) is 0 Å². The molecule has 4 nitrogen and oxygen atoms in total. The molecule has 0 aliphatic carbocycles. The van der Waals surface area contributed by atoms with Gasteiger partial charge in [0.1, 0.15) is 0 Å². The van der Waals surface area contributed by atoms with Crippen LogP contribution in [-0.4, -0.2) is 14.7 Å². The molecule has 0 spiro atoms. The summed E-state index contributed by atoms with van der Waals surface area (Å²) in [5.74, 6) is 0. The van der Waals surface area contributed by atoms with Crippen LogP contribution in [0.5, 0.6) is 0 Å². The van der Waals surface area contributed by atoms with Gasteiger partial charge in [0.15, 0.2) is 0 Å². The second kappa shape index (κ2) is 13.1. The summed E-state index contributed by atoms with van der Waals surface area (Å²) in [6.45, 7) is 10.9. The van der Waals surface area contributed by atoms with Crippen molar-refractivity contribution in [2.45, 2.75) is 65.7 Å². The van der Waals surface area contributed by atoms with Crippen molar-refractivity contribution in [3.63, 3.8) is 0 Å². The smallest absolute Gasteiger partial charge is 0.343 e. The van der Waals surface area contributed by atoms with Crippen LogP contribution in [0.4, 0.5) is 0 Å². The van der Waals surface area contributed by atoms with Crippen molar-refractivity contribution < 1.29 is 48.8 Å². The van der Waals surface area contributed by atoms with E-state index in [-0.39, 0.29) is 29.6 Å². The van der Waals surface area contributed by atoms with Crippen LogP contribution in [-0.2, 0) is 4.57 Å². The molecule has 0 saturated heterocycles. The van der Waals surface area contributed by atoms with Crippen LogP contribution in [0.25, 0.3) is 0 Å². The molecule has 0 bridgehead atoms. The van der Waals surface area contributed by atoms with Crippen LogP contribution in [0.1, 0.15) is 65.7 Å². The minimum Gasteiger partial charge on any atom is -0.343 e. The van der Waals surface area contributed by atoms with Gasteiger partial charge in [-0.05, 0) is 11.8 Å². The molecule has 106 valence electrons. The average molecular weight is 290 g/mol. The Hall–Kier alpha value is 1.11. The fourth-order valence-corrected chi connectivity index (χ4v) is 1.96. The maximum absolute atomic E-state index is 8.88. The van der Waals surface area contributed by atoms with Gasteiger partial charge >= 0.3 is 37.4 Å². The predicted octanol–water partition coefficient (Wildman–Crippen LogP) is 0.673. The summed E-state index contributed by atoms with van der Waals surface area (Å²) < 4.78 is 8.88. The Labute approximate surface area is 134 Å². The van der Waals surface area contributed by atoms with Gasteiger partial charge in [-0.25, -0.2) is 4.57 Å². The van der Waals surface area contributed by atoms with E-state index in [1.807, 2.05) is 0 Å². The van der Waals surface area contributed by atoms with E-state index in [1.54, 1.807) is 0 Å². The molecule has 0 heterocycles. The van der Waals surface area contributed by atoms with Crippen LogP contribution < -0.4 is 29.6 Å². The molecule has 0 radical (unpaired) electrons. The van der Waals surface area contributed by atoms with Crippen molar-refractivity contribution >= 4 is 7.82 Å². The van der Waals surface area contributed by atoms with Crippen molar-refractivity contribution in [1.29, 1.82) is 0 Å². The molecule has 0 fully saturated rings. The molecule has 0 aliphatic heterocycles. The van der Waals surface area contributed by atoms with E-state index in [1.165, 1.54) is 38.5 Å². The van der Waals surface area contributed by atoms with Crippen molar-refractivity contribution in [3.8, 4) is 0 Å². The molecule has 0 aromatic heterocycles. The fourth-order valence-electron chi connectivity index (χ4n) is 1.96. The molecule has 0 rings (SSSR count). The summed E-state index contributed by atoms with van der Waals surface area (Å²) in [6, 6.07) is 0. The molecule has 0 aromatic rings. The van der Waals surface area contributed by atoms with E-state index in [4.69, 9.17) is 19.2 Å². The molecule has 0 unspecified atom stereocenters. The standard InChI is InChI=1S/C12H25.Na.H3O4P/c1-5-9-10-11-12(6-2,7-3)8-4;;1-5(2,3)4/h1,5-11H2,2-4H3;;(H3,1,2,3,4)/q-1;+1;. The fraction of sp³-hybridized carbons (Fsp3) is 0.917. The summed E-state index contributed by atoms with van der Waals surface area (Å²) in [5.41, 5.74) is 0.648. The van der Waals surface area contributed by atoms with E-state index in [9.17, 15) is 0 Å². The number of unbranched alkanes of at least 4 members (excludes halogenated alkanes) is 2. The van der Waals surface area contributed by atoms with E-state index in [0.717, 1.165) is 6.42 Å². The summed E-state index contributed by atoms with van der Waals surface area (Å²) in [4.78, 5) is 21.6. The Morgan fingerprint density at radius 3 is 1.56 bits per heavy atom. The average Bonchev–Trinajstić information content (AvgIpc) is 2.23. The maximum Gasteiger partial charge on any atom is 1.00 e. The van der Waals surface area contributed by atoms with Crippen LogP contribution >= 0.6 is 7.82 Å². The first-order valence-electron chi connectivity index (χ1n) is 6.32. The third-order valence-electron chi connectivity index (χ3n) is 3.46. The molecule has 0 aliphatic rings. The van der Waals surface area contributed by atoms with Gasteiger partial charge in [0.2, 0.25) is 0 Å². The molecular weight excluding hydrogens is 262 g/mol. The Morgan fingerprint density at radius 1 is 1.00 bits per heavy atom. The molecule has 3 N–H and O–H groups in total. The largest absolute Gasteiger partial charge is 1.00 e. The number of phosphoric acid groups is 1.